The van der Waals surface area contributed by atoms with Gasteiger partial charge in [-0.25, -0.2) is 0 Å². The molecule has 134 valence electrons. The maximum absolute atomic E-state index is 13.2. The van der Waals surface area contributed by atoms with Gasteiger partial charge in [0.15, 0.2) is 0 Å². The van der Waals surface area contributed by atoms with Crippen LogP contribution in [0, 0.1) is 6.92 Å². The van der Waals surface area contributed by atoms with Gasteiger partial charge in [0.2, 0.25) is 0 Å². The normalized spacial score (nSPS) is 12.2. The summed E-state index contributed by atoms with van der Waals surface area (Å²) in [6.45, 7) is 1.81. The standard InChI is InChI=1S/C18H13ClF3N3O/c1-9-6-10-2-4-13(23)17(16(10)15(26)7-9)25-24-14-5-3-11(19)8-12(14)18(20,21)22/h2-8,26H,23H2,1H3/b25-24+. The van der Waals surface area contributed by atoms with Gasteiger partial charge in [-0.15, -0.1) is 10.2 Å². The van der Waals surface area contributed by atoms with Crippen molar-refractivity contribution < 1.29 is 18.3 Å². The van der Waals surface area contributed by atoms with E-state index in [1.165, 1.54) is 12.1 Å². The van der Waals surface area contributed by atoms with Crippen molar-refractivity contribution in [2.75, 3.05) is 5.73 Å². The number of phenols is 1. The number of aromatic hydroxyl groups is 1. The number of azo groups is 1. The molecule has 0 heterocycles. The van der Waals surface area contributed by atoms with Crippen molar-refractivity contribution >= 4 is 39.4 Å². The zero-order valence-corrected chi connectivity index (χ0v) is 14.2. The third kappa shape index (κ3) is 3.43. The lowest BCUT2D eigenvalue weighted by atomic mass is 10.0. The summed E-state index contributed by atoms with van der Waals surface area (Å²) >= 11 is 5.65. The Morgan fingerprint density at radius 1 is 1.04 bits per heavy atom. The Labute approximate surface area is 151 Å². The fourth-order valence-corrected chi connectivity index (χ4v) is 2.79. The number of halogens is 4. The Hall–Kier alpha value is -2.80. The average molecular weight is 380 g/mol. The molecule has 0 fully saturated rings. The summed E-state index contributed by atoms with van der Waals surface area (Å²) in [5.74, 6) is -0.0756. The fourth-order valence-electron chi connectivity index (χ4n) is 2.62. The van der Waals surface area contributed by atoms with Gasteiger partial charge >= 0.3 is 6.18 Å². The molecule has 0 aliphatic rings. The van der Waals surface area contributed by atoms with E-state index in [0.29, 0.717) is 10.8 Å². The Balaban J connectivity index is 2.18. The minimum absolute atomic E-state index is 0.0610. The van der Waals surface area contributed by atoms with Gasteiger partial charge in [-0.3, -0.25) is 0 Å². The molecule has 0 aliphatic heterocycles. The monoisotopic (exact) mass is 379 g/mol. The van der Waals surface area contributed by atoms with E-state index < -0.39 is 17.4 Å². The van der Waals surface area contributed by atoms with Crippen molar-refractivity contribution in [1.82, 2.24) is 0 Å². The third-order valence-electron chi connectivity index (χ3n) is 3.77. The van der Waals surface area contributed by atoms with Crippen LogP contribution in [0.5, 0.6) is 5.75 Å². The van der Waals surface area contributed by atoms with E-state index in [2.05, 4.69) is 10.2 Å². The number of nitrogen functional groups attached to an aromatic ring is 1. The van der Waals surface area contributed by atoms with Gasteiger partial charge in [-0.2, -0.15) is 13.2 Å². The first kappa shape index (κ1) is 18.0. The van der Waals surface area contributed by atoms with Crippen LogP contribution < -0.4 is 5.73 Å². The number of hydrogen-bond acceptors (Lipinski definition) is 4. The van der Waals surface area contributed by atoms with Crippen molar-refractivity contribution in [3.63, 3.8) is 0 Å². The summed E-state index contributed by atoms with van der Waals surface area (Å²) in [5.41, 5.74) is 5.59. The summed E-state index contributed by atoms with van der Waals surface area (Å²) in [7, 11) is 0. The number of rotatable bonds is 2. The predicted octanol–water partition coefficient (Wildman–Crippen LogP) is 6.52. The van der Waals surface area contributed by atoms with Crippen molar-refractivity contribution in [3.8, 4) is 5.75 Å². The second kappa shape index (κ2) is 6.49. The van der Waals surface area contributed by atoms with E-state index >= 15 is 0 Å². The minimum Gasteiger partial charge on any atom is -0.507 e. The lowest BCUT2D eigenvalue weighted by Crippen LogP contribution is -2.04. The molecule has 4 nitrogen and oxygen atoms in total. The molecule has 0 saturated heterocycles. The quantitative estimate of drug-likeness (QED) is 0.393. The highest BCUT2D eigenvalue weighted by molar-refractivity contribution is 6.30. The topological polar surface area (TPSA) is 71.0 Å². The number of fused-ring (bicyclic) bond motifs is 1. The fraction of sp³-hybridized carbons (Fsp3) is 0.111. The first-order chi connectivity index (χ1) is 12.2. The first-order valence-corrected chi connectivity index (χ1v) is 7.85. The van der Waals surface area contributed by atoms with Crippen LogP contribution in [0.25, 0.3) is 10.8 Å². The molecule has 0 aromatic heterocycles. The van der Waals surface area contributed by atoms with Gasteiger partial charge < -0.3 is 10.8 Å². The van der Waals surface area contributed by atoms with Crippen molar-refractivity contribution in [2.24, 2.45) is 10.2 Å². The van der Waals surface area contributed by atoms with E-state index in [0.717, 1.165) is 17.7 Å². The number of nitrogens with two attached hydrogens (primary N) is 1. The lowest BCUT2D eigenvalue weighted by molar-refractivity contribution is -0.137. The van der Waals surface area contributed by atoms with Gasteiger partial charge in [0.05, 0.1) is 22.3 Å². The largest absolute Gasteiger partial charge is 0.507 e. The second-order valence-electron chi connectivity index (χ2n) is 5.74. The third-order valence-corrected chi connectivity index (χ3v) is 4.00. The Bertz CT molecular complexity index is 1030. The number of anilines is 1. The average Bonchev–Trinajstić information content (AvgIpc) is 2.54. The van der Waals surface area contributed by atoms with Crippen LogP contribution in [0.1, 0.15) is 11.1 Å². The molecular formula is C18H13ClF3N3O. The van der Waals surface area contributed by atoms with Crippen LogP contribution in [0.15, 0.2) is 52.7 Å². The van der Waals surface area contributed by atoms with E-state index in [-0.39, 0.29) is 22.1 Å². The molecule has 0 atom stereocenters. The number of phenolic OH excluding ortho intramolecular Hbond substituents is 1. The van der Waals surface area contributed by atoms with Gasteiger partial charge in [0, 0.05) is 5.02 Å². The number of aryl methyl sites for hydroxylation is 1. The molecule has 0 spiro atoms. The second-order valence-corrected chi connectivity index (χ2v) is 6.18. The molecule has 3 N–H and O–H groups in total. The van der Waals surface area contributed by atoms with E-state index in [1.807, 2.05) is 0 Å². The molecule has 0 bridgehead atoms. The van der Waals surface area contributed by atoms with Crippen molar-refractivity contribution in [2.45, 2.75) is 13.1 Å². The zero-order valence-electron chi connectivity index (χ0n) is 13.5. The summed E-state index contributed by atoms with van der Waals surface area (Å²) < 4.78 is 39.5. The van der Waals surface area contributed by atoms with Gasteiger partial charge in [-0.05, 0) is 48.2 Å². The molecule has 0 unspecified atom stereocenters. The molecule has 0 amide bonds. The lowest BCUT2D eigenvalue weighted by Gasteiger charge is -2.10. The molecule has 0 aliphatic carbocycles. The summed E-state index contributed by atoms with van der Waals surface area (Å²) in [5, 5.41) is 18.7. The van der Waals surface area contributed by atoms with Gasteiger partial charge in [-0.1, -0.05) is 23.7 Å². The Morgan fingerprint density at radius 2 is 1.77 bits per heavy atom. The van der Waals surface area contributed by atoms with Gasteiger partial charge in [0.1, 0.15) is 11.4 Å². The summed E-state index contributed by atoms with van der Waals surface area (Å²) in [6.07, 6.45) is -4.64. The van der Waals surface area contributed by atoms with Crippen LogP contribution in [-0.2, 0) is 6.18 Å². The number of nitrogens with zero attached hydrogens (tertiary/aromatic N) is 2. The number of benzene rings is 3. The molecule has 3 aromatic rings. The number of hydrogen-bond donors (Lipinski definition) is 2. The highest BCUT2D eigenvalue weighted by atomic mass is 35.5. The van der Waals surface area contributed by atoms with E-state index in [9.17, 15) is 18.3 Å². The number of alkyl halides is 3. The smallest absolute Gasteiger partial charge is 0.418 e. The predicted molar refractivity (Wildman–Crippen MR) is 95.4 cm³/mol. The molecule has 0 radical (unpaired) electrons. The van der Waals surface area contributed by atoms with Crippen LogP contribution in [0.3, 0.4) is 0 Å². The van der Waals surface area contributed by atoms with Crippen LogP contribution in [0.2, 0.25) is 5.02 Å². The van der Waals surface area contributed by atoms with E-state index in [1.54, 1.807) is 25.1 Å². The van der Waals surface area contributed by atoms with Crippen LogP contribution >= 0.6 is 11.6 Å². The molecule has 0 saturated carbocycles. The molecule has 3 aromatic carbocycles. The summed E-state index contributed by atoms with van der Waals surface area (Å²) in [4.78, 5) is 0. The van der Waals surface area contributed by atoms with Crippen LogP contribution in [-0.4, -0.2) is 5.11 Å². The maximum Gasteiger partial charge on any atom is 0.418 e. The first-order valence-electron chi connectivity index (χ1n) is 7.47. The van der Waals surface area contributed by atoms with Gasteiger partial charge in [0.25, 0.3) is 0 Å². The molecular weight excluding hydrogens is 367 g/mol. The Morgan fingerprint density at radius 3 is 2.46 bits per heavy atom. The van der Waals surface area contributed by atoms with Crippen molar-refractivity contribution in [3.05, 3.63) is 58.6 Å². The maximum atomic E-state index is 13.2. The zero-order chi connectivity index (χ0) is 19.1. The van der Waals surface area contributed by atoms with Crippen LogP contribution in [0.4, 0.5) is 30.2 Å². The summed E-state index contributed by atoms with van der Waals surface area (Å²) in [6, 6.07) is 9.77. The minimum atomic E-state index is -4.64. The molecule has 26 heavy (non-hydrogen) atoms. The van der Waals surface area contributed by atoms with E-state index in [4.69, 9.17) is 17.3 Å². The molecule has 3 rings (SSSR count). The SMILES string of the molecule is Cc1cc(O)c2c(/N=N/c3ccc(Cl)cc3C(F)(F)F)c(N)ccc2c1. The molecule has 8 heteroatoms. The highest BCUT2D eigenvalue weighted by Crippen LogP contribution is 2.42. The van der Waals surface area contributed by atoms with Crippen molar-refractivity contribution in [1.29, 1.82) is 0 Å². The Kier molecular flexibility index (Phi) is 4.50. The highest BCUT2D eigenvalue weighted by Gasteiger charge is 2.34.